The van der Waals surface area contributed by atoms with Crippen molar-refractivity contribution in [2.24, 2.45) is 0 Å². The molecule has 3 unspecified atom stereocenters. The van der Waals surface area contributed by atoms with E-state index in [1.165, 1.54) is 6.07 Å². The summed E-state index contributed by atoms with van der Waals surface area (Å²) < 4.78 is 13.9. The average Bonchev–Trinajstić information content (AvgIpc) is 2.66. The number of carbonyl (C=O) groups is 1. The van der Waals surface area contributed by atoms with Crippen molar-refractivity contribution >= 4 is 5.91 Å². The second-order valence-corrected chi connectivity index (χ2v) is 5.20. The molecule has 0 aliphatic carbocycles. The van der Waals surface area contributed by atoms with Crippen LogP contribution in [-0.4, -0.2) is 22.9 Å². The van der Waals surface area contributed by atoms with Gasteiger partial charge < -0.3 is 4.90 Å². The first-order valence-corrected chi connectivity index (χ1v) is 6.89. The number of benzene rings is 1. The molecule has 1 heterocycles. The minimum absolute atomic E-state index is 0.0502. The van der Waals surface area contributed by atoms with E-state index in [2.05, 4.69) is 12.2 Å². The molecule has 19 heavy (non-hydrogen) atoms. The maximum Gasteiger partial charge on any atom is 0.241 e. The number of nitrogens with zero attached hydrogens (tertiary/aromatic N) is 1. The first kappa shape index (κ1) is 14.0. The molecule has 1 saturated heterocycles. The third-order valence-corrected chi connectivity index (χ3v) is 3.69. The van der Waals surface area contributed by atoms with Gasteiger partial charge in [-0.25, -0.2) is 4.39 Å². The van der Waals surface area contributed by atoms with Crippen LogP contribution in [0, 0.1) is 5.82 Å². The summed E-state index contributed by atoms with van der Waals surface area (Å²) in [5, 5.41) is 3.19. The van der Waals surface area contributed by atoms with Gasteiger partial charge in [0, 0.05) is 11.6 Å². The summed E-state index contributed by atoms with van der Waals surface area (Å²) >= 11 is 0. The number of amides is 1. The monoisotopic (exact) mass is 264 g/mol. The molecule has 0 aromatic heterocycles. The first-order chi connectivity index (χ1) is 9.06. The third kappa shape index (κ3) is 2.63. The summed E-state index contributed by atoms with van der Waals surface area (Å²) in [4.78, 5) is 14.0. The van der Waals surface area contributed by atoms with Crippen molar-refractivity contribution in [2.45, 2.75) is 51.9 Å². The molecule has 1 aromatic rings. The Bertz CT molecular complexity index is 463. The van der Waals surface area contributed by atoms with Crippen LogP contribution in [0.2, 0.25) is 0 Å². The van der Waals surface area contributed by atoms with E-state index in [1.807, 2.05) is 13.8 Å². The van der Waals surface area contributed by atoms with Gasteiger partial charge in [-0.05, 0) is 26.3 Å². The molecule has 0 radical (unpaired) electrons. The number of nitrogens with one attached hydrogen (secondary N) is 1. The van der Waals surface area contributed by atoms with Gasteiger partial charge in [-0.1, -0.05) is 31.5 Å². The molecule has 3 nitrogen and oxygen atoms in total. The maximum absolute atomic E-state index is 13.9. The van der Waals surface area contributed by atoms with Crippen molar-refractivity contribution in [2.75, 3.05) is 0 Å². The van der Waals surface area contributed by atoms with E-state index >= 15 is 0 Å². The van der Waals surface area contributed by atoms with Crippen molar-refractivity contribution in [3.63, 3.8) is 0 Å². The molecule has 1 aromatic carbocycles. The van der Waals surface area contributed by atoms with E-state index in [0.29, 0.717) is 5.56 Å². The molecule has 0 saturated carbocycles. The molecule has 0 bridgehead atoms. The molecular formula is C15H21FN2O. The Morgan fingerprint density at radius 2 is 2.11 bits per heavy atom. The first-order valence-electron chi connectivity index (χ1n) is 6.89. The van der Waals surface area contributed by atoms with Crippen LogP contribution >= 0.6 is 0 Å². The molecule has 104 valence electrons. The van der Waals surface area contributed by atoms with Crippen LogP contribution in [0.1, 0.15) is 45.3 Å². The van der Waals surface area contributed by atoms with Gasteiger partial charge in [-0.2, -0.15) is 0 Å². The Morgan fingerprint density at radius 3 is 2.74 bits per heavy atom. The van der Waals surface area contributed by atoms with E-state index in [1.54, 1.807) is 23.1 Å². The lowest BCUT2D eigenvalue weighted by molar-refractivity contribution is -0.131. The summed E-state index contributed by atoms with van der Waals surface area (Å²) in [6.07, 6.45) is 1.57. The Hall–Kier alpha value is -1.42. The van der Waals surface area contributed by atoms with Gasteiger partial charge in [-0.15, -0.1) is 0 Å². The highest BCUT2D eigenvalue weighted by molar-refractivity contribution is 5.84. The third-order valence-electron chi connectivity index (χ3n) is 3.69. The maximum atomic E-state index is 13.9. The van der Waals surface area contributed by atoms with Gasteiger partial charge in [0.05, 0.1) is 6.04 Å². The van der Waals surface area contributed by atoms with Gasteiger partial charge in [0.1, 0.15) is 12.0 Å². The van der Waals surface area contributed by atoms with E-state index in [4.69, 9.17) is 0 Å². The van der Waals surface area contributed by atoms with Crippen LogP contribution in [-0.2, 0) is 4.79 Å². The summed E-state index contributed by atoms with van der Waals surface area (Å²) in [5.41, 5.74) is 0.545. The summed E-state index contributed by atoms with van der Waals surface area (Å²) in [7, 11) is 0. The van der Waals surface area contributed by atoms with Crippen molar-refractivity contribution in [1.29, 1.82) is 0 Å². The summed E-state index contributed by atoms with van der Waals surface area (Å²) in [6.45, 7) is 5.94. The van der Waals surface area contributed by atoms with Crippen LogP contribution < -0.4 is 5.32 Å². The topological polar surface area (TPSA) is 32.3 Å². The largest absolute Gasteiger partial charge is 0.319 e. The lowest BCUT2D eigenvalue weighted by Gasteiger charge is -2.30. The Morgan fingerprint density at radius 1 is 1.42 bits per heavy atom. The fourth-order valence-corrected chi connectivity index (χ4v) is 2.70. The fraction of sp³-hybridized carbons (Fsp3) is 0.533. The van der Waals surface area contributed by atoms with Crippen molar-refractivity contribution in [1.82, 2.24) is 10.2 Å². The second-order valence-electron chi connectivity index (χ2n) is 5.20. The van der Waals surface area contributed by atoms with Crippen LogP contribution in [0.15, 0.2) is 24.3 Å². The molecular weight excluding hydrogens is 243 g/mol. The number of hydrogen-bond donors (Lipinski definition) is 1. The Balaban J connectivity index is 2.32. The molecule has 1 fully saturated rings. The molecule has 1 aliphatic heterocycles. The molecule has 1 amide bonds. The highest BCUT2D eigenvalue weighted by Crippen LogP contribution is 2.30. The lowest BCUT2D eigenvalue weighted by atomic mass is 10.1. The summed E-state index contributed by atoms with van der Waals surface area (Å²) in [6, 6.07) is 6.50. The molecule has 3 atom stereocenters. The van der Waals surface area contributed by atoms with Gasteiger partial charge in [0.15, 0.2) is 0 Å². The van der Waals surface area contributed by atoms with Gasteiger partial charge in [0.25, 0.3) is 0 Å². The zero-order valence-corrected chi connectivity index (χ0v) is 11.7. The van der Waals surface area contributed by atoms with Crippen LogP contribution in [0.4, 0.5) is 4.39 Å². The zero-order valence-electron chi connectivity index (χ0n) is 11.7. The second kappa shape index (κ2) is 5.70. The van der Waals surface area contributed by atoms with Gasteiger partial charge in [-0.3, -0.25) is 10.1 Å². The predicted molar refractivity (Wildman–Crippen MR) is 73.0 cm³/mol. The smallest absolute Gasteiger partial charge is 0.241 e. The predicted octanol–water partition coefficient (Wildman–Crippen LogP) is 2.83. The van der Waals surface area contributed by atoms with Crippen molar-refractivity contribution in [3.05, 3.63) is 35.6 Å². The van der Waals surface area contributed by atoms with E-state index in [-0.39, 0.29) is 30.0 Å². The van der Waals surface area contributed by atoms with E-state index < -0.39 is 0 Å². The fourth-order valence-electron chi connectivity index (χ4n) is 2.70. The highest BCUT2D eigenvalue weighted by Gasteiger charge is 2.40. The van der Waals surface area contributed by atoms with Crippen LogP contribution in [0.25, 0.3) is 0 Å². The van der Waals surface area contributed by atoms with Crippen LogP contribution in [0.5, 0.6) is 0 Å². The van der Waals surface area contributed by atoms with Crippen molar-refractivity contribution in [3.8, 4) is 0 Å². The minimum atomic E-state index is -0.356. The van der Waals surface area contributed by atoms with E-state index in [9.17, 15) is 9.18 Å². The minimum Gasteiger partial charge on any atom is -0.319 e. The molecule has 4 heteroatoms. The van der Waals surface area contributed by atoms with Gasteiger partial charge in [0.2, 0.25) is 5.91 Å². The number of hydrogen-bond acceptors (Lipinski definition) is 2. The molecule has 0 spiro atoms. The molecule has 1 aliphatic rings. The van der Waals surface area contributed by atoms with Gasteiger partial charge >= 0.3 is 0 Å². The lowest BCUT2D eigenvalue weighted by Crippen LogP contribution is -2.38. The molecule has 1 N–H and O–H groups in total. The van der Waals surface area contributed by atoms with Crippen molar-refractivity contribution < 1.29 is 9.18 Å². The molecule has 2 rings (SSSR count). The standard InChI is InChI=1S/C15H21FN2O/c1-4-7-10(2)18-14(17-11(3)15(18)19)12-8-5-6-9-13(12)16/h5-6,8-11,14,17H,4,7H2,1-3H3. The Labute approximate surface area is 113 Å². The highest BCUT2D eigenvalue weighted by atomic mass is 19.1. The van der Waals surface area contributed by atoms with E-state index in [0.717, 1.165) is 12.8 Å². The number of carbonyl (C=O) groups excluding carboxylic acids is 1. The van der Waals surface area contributed by atoms with Crippen LogP contribution in [0.3, 0.4) is 0 Å². The number of halogens is 1. The SMILES string of the molecule is CCCC(C)N1C(=O)C(C)NC1c1ccccc1F. The zero-order chi connectivity index (χ0) is 14.0. The quantitative estimate of drug-likeness (QED) is 0.907. The summed E-state index contributed by atoms with van der Waals surface area (Å²) in [5.74, 6) is -0.218. The number of rotatable bonds is 4. The Kier molecular flexibility index (Phi) is 4.20. The normalized spacial score (nSPS) is 24.8. The average molecular weight is 264 g/mol.